The number of hydrogen-bond acceptors (Lipinski definition) is 5. The van der Waals surface area contributed by atoms with Gasteiger partial charge in [-0.05, 0) is 35.0 Å². The van der Waals surface area contributed by atoms with Gasteiger partial charge < -0.3 is 19.1 Å². The van der Waals surface area contributed by atoms with E-state index in [2.05, 4.69) is 18.2 Å². The van der Waals surface area contributed by atoms with Crippen molar-refractivity contribution in [2.24, 2.45) is 0 Å². The Bertz CT molecular complexity index is 1210. The van der Waals surface area contributed by atoms with E-state index in [1.165, 1.54) is 4.90 Å². The van der Waals surface area contributed by atoms with Gasteiger partial charge in [0, 0.05) is 11.6 Å². The van der Waals surface area contributed by atoms with Crippen LogP contribution in [0.3, 0.4) is 0 Å². The highest BCUT2D eigenvalue weighted by Gasteiger charge is 2.39. The van der Waals surface area contributed by atoms with Gasteiger partial charge >= 0.3 is 5.91 Å². The van der Waals surface area contributed by atoms with Crippen LogP contribution < -0.4 is 24.0 Å². The van der Waals surface area contributed by atoms with E-state index in [9.17, 15) is 9.59 Å². The average Bonchev–Trinajstić information content (AvgIpc) is 3.01. The first-order valence-corrected chi connectivity index (χ1v) is 10.2. The van der Waals surface area contributed by atoms with Crippen LogP contribution in [-0.4, -0.2) is 45.7 Å². The van der Waals surface area contributed by atoms with Crippen LogP contribution in [0, 0.1) is 0 Å². The molecule has 3 aromatic carbocycles. The van der Waals surface area contributed by atoms with Gasteiger partial charge in [0.15, 0.2) is 18.2 Å². The summed E-state index contributed by atoms with van der Waals surface area (Å²) in [6, 6.07) is 15.7. The minimum Gasteiger partial charge on any atom is -0.497 e. The predicted octanol–water partition coefficient (Wildman–Crippen LogP) is 1.82. The smallest absolute Gasteiger partial charge is 0.303 e. The number of benzene rings is 3. The number of nitrogens with zero attached hydrogens (tertiary/aromatic N) is 1. The van der Waals surface area contributed by atoms with Crippen molar-refractivity contribution in [3.8, 4) is 17.2 Å². The van der Waals surface area contributed by atoms with Crippen LogP contribution in [0.4, 0.5) is 5.69 Å². The number of amides is 1. The highest BCUT2D eigenvalue weighted by atomic mass is 16.6. The standard InChI is InChI=1S/C24H22N2O5/c1-25(13-15-3-4-17-10-18(29-2)6-5-16(17)9-15)14-26-20-12-22-21(30-7-8-31-22)11-19(20)23(27)24(26)28/h3-6,9-12H,7-8,13-14H2,1-2H3/p+1. The fraction of sp³-hybridized carbons (Fsp3) is 0.250. The molecule has 0 spiro atoms. The van der Waals surface area contributed by atoms with Crippen molar-refractivity contribution in [2.45, 2.75) is 6.54 Å². The number of fused-ring (bicyclic) bond motifs is 3. The molecule has 2 aliphatic rings. The molecule has 0 aliphatic carbocycles. The number of quaternary nitrogens is 1. The number of carbonyl (C=O) groups is 2. The molecule has 0 fully saturated rings. The van der Waals surface area contributed by atoms with Crippen LogP contribution in [0.5, 0.6) is 17.2 Å². The number of methoxy groups -OCH3 is 1. The van der Waals surface area contributed by atoms with Gasteiger partial charge in [0.1, 0.15) is 25.5 Å². The Balaban J connectivity index is 1.36. The lowest BCUT2D eigenvalue weighted by atomic mass is 10.1. The van der Waals surface area contributed by atoms with E-state index in [1.54, 1.807) is 19.2 Å². The van der Waals surface area contributed by atoms with E-state index in [4.69, 9.17) is 14.2 Å². The number of carbonyl (C=O) groups excluding carboxylic acids is 2. The minimum atomic E-state index is -0.512. The normalized spacial score (nSPS) is 15.9. The van der Waals surface area contributed by atoms with E-state index in [-0.39, 0.29) is 0 Å². The molecule has 1 unspecified atom stereocenters. The third-order valence-corrected chi connectivity index (χ3v) is 5.68. The molecule has 5 rings (SSSR count). The molecule has 0 radical (unpaired) electrons. The maximum Gasteiger partial charge on any atom is 0.303 e. The molecule has 7 heteroatoms. The zero-order chi connectivity index (χ0) is 21.5. The largest absolute Gasteiger partial charge is 0.497 e. The van der Waals surface area contributed by atoms with Crippen LogP contribution in [-0.2, 0) is 11.3 Å². The number of anilines is 1. The molecule has 1 N–H and O–H groups in total. The highest BCUT2D eigenvalue weighted by molar-refractivity contribution is 6.52. The molecular formula is C24H23N2O5+. The maximum absolute atomic E-state index is 12.7. The second kappa shape index (κ2) is 7.59. The van der Waals surface area contributed by atoms with Gasteiger partial charge in [-0.25, -0.2) is 0 Å². The Morgan fingerprint density at radius 1 is 0.968 bits per heavy atom. The summed E-state index contributed by atoms with van der Waals surface area (Å²) in [6.45, 7) is 1.97. The Kier molecular flexibility index (Phi) is 4.75. The number of ketones is 1. The van der Waals surface area contributed by atoms with Crippen molar-refractivity contribution >= 4 is 28.2 Å². The van der Waals surface area contributed by atoms with Crippen LogP contribution in [0.1, 0.15) is 15.9 Å². The van der Waals surface area contributed by atoms with Crippen molar-refractivity contribution in [3.05, 3.63) is 59.7 Å². The number of rotatable bonds is 5. The molecule has 0 saturated heterocycles. The van der Waals surface area contributed by atoms with Crippen molar-refractivity contribution in [1.29, 1.82) is 0 Å². The summed E-state index contributed by atoms with van der Waals surface area (Å²) in [5.74, 6) is 0.902. The lowest BCUT2D eigenvalue weighted by Crippen LogP contribution is -3.09. The Hall–Kier alpha value is -3.58. The second-order valence-electron chi connectivity index (χ2n) is 7.91. The fourth-order valence-electron chi connectivity index (χ4n) is 4.17. The zero-order valence-corrected chi connectivity index (χ0v) is 17.4. The van der Waals surface area contributed by atoms with Crippen LogP contribution in [0.25, 0.3) is 10.8 Å². The number of nitrogens with one attached hydrogen (secondary N) is 1. The van der Waals surface area contributed by atoms with E-state index < -0.39 is 11.7 Å². The summed E-state index contributed by atoms with van der Waals surface area (Å²) >= 11 is 0. The topological polar surface area (TPSA) is 69.5 Å². The molecule has 0 aromatic heterocycles. The SMILES string of the molecule is COc1ccc2cc(C[NH+](C)CN3C(=O)C(=O)c4cc5c(cc43)OCCO5)ccc2c1. The molecular weight excluding hydrogens is 396 g/mol. The highest BCUT2D eigenvalue weighted by Crippen LogP contribution is 2.40. The van der Waals surface area contributed by atoms with Gasteiger partial charge in [0.05, 0.1) is 25.4 Å². The summed E-state index contributed by atoms with van der Waals surface area (Å²) in [7, 11) is 3.66. The molecule has 2 heterocycles. The van der Waals surface area contributed by atoms with Crippen molar-refractivity contribution in [3.63, 3.8) is 0 Å². The summed E-state index contributed by atoms with van der Waals surface area (Å²) in [5.41, 5.74) is 2.11. The van der Waals surface area contributed by atoms with E-state index >= 15 is 0 Å². The van der Waals surface area contributed by atoms with Crippen molar-refractivity contribution < 1.29 is 28.7 Å². The Morgan fingerprint density at radius 3 is 2.45 bits per heavy atom. The third kappa shape index (κ3) is 3.47. The quantitative estimate of drug-likeness (QED) is 0.639. The number of Topliss-reactive ketones (excluding diaryl/α,β-unsaturated/α-hetero) is 1. The van der Waals surface area contributed by atoms with Crippen molar-refractivity contribution in [1.82, 2.24) is 0 Å². The molecule has 3 aromatic rings. The van der Waals surface area contributed by atoms with Gasteiger partial charge in [-0.3, -0.25) is 14.5 Å². The van der Waals surface area contributed by atoms with Crippen LogP contribution >= 0.6 is 0 Å². The van der Waals surface area contributed by atoms with Crippen LogP contribution in [0.15, 0.2) is 48.5 Å². The minimum absolute atomic E-state index is 0.373. The zero-order valence-electron chi connectivity index (χ0n) is 17.4. The molecule has 158 valence electrons. The van der Waals surface area contributed by atoms with E-state index in [0.717, 1.165) is 27.0 Å². The summed E-state index contributed by atoms with van der Waals surface area (Å²) < 4.78 is 16.5. The summed E-state index contributed by atoms with van der Waals surface area (Å²) in [4.78, 5) is 27.8. The predicted molar refractivity (Wildman–Crippen MR) is 115 cm³/mol. The van der Waals surface area contributed by atoms with Crippen molar-refractivity contribution in [2.75, 3.05) is 38.9 Å². The van der Waals surface area contributed by atoms with Gasteiger partial charge in [-0.1, -0.05) is 18.2 Å². The summed E-state index contributed by atoms with van der Waals surface area (Å²) in [5, 5.41) is 2.25. The average molecular weight is 419 g/mol. The van der Waals surface area contributed by atoms with Gasteiger partial charge in [-0.2, -0.15) is 0 Å². The first-order chi connectivity index (χ1) is 15.0. The maximum atomic E-state index is 12.7. The Labute approximate surface area is 179 Å². The first-order valence-electron chi connectivity index (χ1n) is 10.2. The van der Waals surface area contributed by atoms with Gasteiger partial charge in [-0.15, -0.1) is 0 Å². The molecule has 1 amide bonds. The lowest BCUT2D eigenvalue weighted by Gasteiger charge is -2.23. The number of hydrogen-bond donors (Lipinski definition) is 1. The monoisotopic (exact) mass is 419 g/mol. The fourth-order valence-corrected chi connectivity index (χ4v) is 4.17. The van der Waals surface area contributed by atoms with Gasteiger partial charge in [0.2, 0.25) is 0 Å². The molecule has 1 atom stereocenters. The lowest BCUT2D eigenvalue weighted by molar-refractivity contribution is -0.892. The molecule has 31 heavy (non-hydrogen) atoms. The summed E-state index contributed by atoms with van der Waals surface area (Å²) in [6.07, 6.45) is 0. The second-order valence-corrected chi connectivity index (χ2v) is 7.91. The molecule has 0 saturated carbocycles. The van der Waals surface area contributed by atoms with E-state index in [1.807, 2.05) is 25.2 Å². The number of ether oxygens (including phenoxy) is 3. The van der Waals surface area contributed by atoms with Gasteiger partial charge in [0.25, 0.3) is 5.78 Å². The first kappa shape index (κ1) is 19.4. The Morgan fingerprint density at radius 2 is 1.68 bits per heavy atom. The van der Waals surface area contributed by atoms with Crippen LogP contribution in [0.2, 0.25) is 0 Å². The molecule has 7 nitrogen and oxygen atoms in total. The third-order valence-electron chi connectivity index (χ3n) is 5.68. The van der Waals surface area contributed by atoms with E-state index in [0.29, 0.717) is 49.2 Å². The molecule has 2 aliphatic heterocycles. The molecule has 0 bridgehead atoms.